The monoisotopic (exact) mass is 631 g/mol. The number of hydrogen-bond acceptors (Lipinski definition) is 9. The van der Waals surface area contributed by atoms with Gasteiger partial charge in [0.2, 0.25) is 0 Å². The van der Waals surface area contributed by atoms with Crippen LogP contribution in [-0.4, -0.2) is 43.6 Å². The molecule has 1 aliphatic rings. The summed E-state index contributed by atoms with van der Waals surface area (Å²) in [7, 11) is 4.61. The summed E-state index contributed by atoms with van der Waals surface area (Å²) < 4.78 is 22.9. The van der Waals surface area contributed by atoms with Crippen molar-refractivity contribution in [3.05, 3.63) is 99.1 Å². The SMILES string of the molecule is COc1ccc([N+](=O)[O-])cc1OCc1c(-c2ccc(OC(=O)c3ccc(Cl)cc3)cc2OC)ccc2c1N(C)C(=O)C(C)(C)N2. The van der Waals surface area contributed by atoms with Crippen molar-refractivity contribution >= 4 is 40.5 Å². The van der Waals surface area contributed by atoms with Gasteiger partial charge in [0, 0.05) is 35.3 Å². The maximum absolute atomic E-state index is 13.4. The quantitative estimate of drug-likeness (QED) is 0.0907. The van der Waals surface area contributed by atoms with Gasteiger partial charge in [-0.05, 0) is 67.9 Å². The number of rotatable bonds is 9. The number of benzene rings is 4. The Morgan fingerprint density at radius 3 is 2.29 bits per heavy atom. The zero-order chi connectivity index (χ0) is 32.5. The van der Waals surface area contributed by atoms with Gasteiger partial charge in [-0.1, -0.05) is 17.7 Å². The maximum atomic E-state index is 13.4. The van der Waals surface area contributed by atoms with Gasteiger partial charge in [0.05, 0.1) is 42.1 Å². The van der Waals surface area contributed by atoms with Crippen molar-refractivity contribution in [1.29, 1.82) is 0 Å². The molecule has 45 heavy (non-hydrogen) atoms. The van der Waals surface area contributed by atoms with E-state index in [-0.39, 0.29) is 29.7 Å². The number of methoxy groups -OCH3 is 2. The lowest BCUT2D eigenvalue weighted by Crippen LogP contribution is -2.52. The van der Waals surface area contributed by atoms with E-state index in [0.717, 1.165) is 0 Å². The minimum atomic E-state index is -0.863. The normalized spacial score (nSPS) is 13.4. The Morgan fingerprint density at radius 1 is 0.933 bits per heavy atom. The highest BCUT2D eigenvalue weighted by Crippen LogP contribution is 2.45. The average molecular weight is 632 g/mol. The fourth-order valence-electron chi connectivity index (χ4n) is 5.18. The van der Waals surface area contributed by atoms with Crippen LogP contribution in [0.15, 0.2) is 72.8 Å². The van der Waals surface area contributed by atoms with Crippen LogP contribution in [0.3, 0.4) is 0 Å². The van der Waals surface area contributed by atoms with Crippen LogP contribution in [0, 0.1) is 10.1 Å². The van der Waals surface area contributed by atoms with Crippen LogP contribution in [0.25, 0.3) is 11.1 Å². The fourth-order valence-corrected chi connectivity index (χ4v) is 5.31. The number of ether oxygens (including phenoxy) is 4. The number of likely N-dealkylation sites (N-methyl/N-ethyl adjacent to an activating group) is 1. The predicted molar refractivity (Wildman–Crippen MR) is 170 cm³/mol. The Hall–Kier alpha value is -5.29. The van der Waals surface area contributed by atoms with E-state index in [0.29, 0.717) is 50.2 Å². The van der Waals surface area contributed by atoms with Gasteiger partial charge in [-0.3, -0.25) is 14.9 Å². The predicted octanol–water partition coefficient (Wildman–Crippen LogP) is 6.90. The van der Waals surface area contributed by atoms with Crippen LogP contribution in [0.1, 0.15) is 29.8 Å². The first-order valence-corrected chi connectivity index (χ1v) is 14.1. The largest absolute Gasteiger partial charge is 0.496 e. The molecule has 0 fully saturated rings. The standard InChI is InChI=1S/C33H30ClN3O8/c1-33(2)32(39)36(3)30-25(18-44-29-16-21(37(40)41)10-15-27(29)42-4)23(13-14-26(30)35-33)24-12-11-22(17-28(24)43-5)45-31(38)19-6-8-20(34)9-7-19/h6-17,35H,18H2,1-5H3. The number of non-ortho nitro benzene ring substituents is 1. The van der Waals surface area contributed by atoms with Gasteiger partial charge in [0.25, 0.3) is 11.6 Å². The third kappa shape index (κ3) is 6.20. The molecule has 0 bridgehead atoms. The fraction of sp³-hybridized carbons (Fsp3) is 0.212. The summed E-state index contributed by atoms with van der Waals surface area (Å²) in [5.74, 6) is 0.374. The Kier molecular flexibility index (Phi) is 8.56. The molecule has 1 aliphatic heterocycles. The van der Waals surface area contributed by atoms with E-state index in [4.69, 9.17) is 30.5 Å². The van der Waals surface area contributed by atoms with Crippen molar-refractivity contribution in [3.8, 4) is 34.1 Å². The number of fused-ring (bicyclic) bond motifs is 1. The molecule has 5 rings (SSSR count). The van der Waals surface area contributed by atoms with E-state index in [2.05, 4.69) is 5.32 Å². The Balaban J connectivity index is 1.58. The first-order chi connectivity index (χ1) is 21.4. The topological polar surface area (TPSA) is 129 Å². The zero-order valence-electron chi connectivity index (χ0n) is 25.2. The molecule has 0 aliphatic carbocycles. The lowest BCUT2D eigenvalue weighted by Gasteiger charge is -2.39. The number of nitrogens with zero attached hydrogens (tertiary/aromatic N) is 2. The Morgan fingerprint density at radius 2 is 1.62 bits per heavy atom. The molecule has 1 amide bonds. The number of carbonyl (C=O) groups is 2. The number of nitro groups is 1. The number of nitrogens with one attached hydrogen (secondary N) is 1. The Labute approximate surface area is 264 Å². The van der Waals surface area contributed by atoms with Gasteiger partial charge in [-0.15, -0.1) is 0 Å². The van der Waals surface area contributed by atoms with E-state index in [1.54, 1.807) is 68.3 Å². The van der Waals surface area contributed by atoms with Crippen LogP contribution in [0.5, 0.6) is 23.0 Å². The summed E-state index contributed by atoms with van der Waals surface area (Å²) in [6, 6.07) is 19.1. The van der Waals surface area contributed by atoms with Crippen molar-refractivity contribution in [2.24, 2.45) is 0 Å². The molecule has 1 N–H and O–H groups in total. The van der Waals surface area contributed by atoms with Gasteiger partial charge in [-0.25, -0.2) is 4.79 Å². The third-order valence-electron chi connectivity index (χ3n) is 7.39. The highest BCUT2D eigenvalue weighted by Gasteiger charge is 2.39. The molecule has 0 unspecified atom stereocenters. The number of nitro benzene ring substituents is 1. The summed E-state index contributed by atoms with van der Waals surface area (Å²) in [6.45, 7) is 3.49. The lowest BCUT2D eigenvalue weighted by atomic mass is 9.91. The van der Waals surface area contributed by atoms with Crippen molar-refractivity contribution in [2.45, 2.75) is 26.0 Å². The second-order valence-electron chi connectivity index (χ2n) is 10.7. The molecule has 12 heteroatoms. The number of amides is 1. The number of halogens is 1. The smallest absolute Gasteiger partial charge is 0.343 e. The van der Waals surface area contributed by atoms with Crippen molar-refractivity contribution < 1.29 is 33.5 Å². The molecular formula is C33H30ClN3O8. The molecule has 232 valence electrons. The second-order valence-corrected chi connectivity index (χ2v) is 11.2. The summed E-state index contributed by atoms with van der Waals surface area (Å²) in [5, 5.41) is 15.3. The van der Waals surface area contributed by atoms with Crippen LogP contribution in [0.2, 0.25) is 5.02 Å². The van der Waals surface area contributed by atoms with Gasteiger partial charge < -0.3 is 29.2 Å². The van der Waals surface area contributed by atoms with Gasteiger partial charge >= 0.3 is 5.97 Å². The number of hydrogen-bond donors (Lipinski definition) is 1. The van der Waals surface area contributed by atoms with Crippen molar-refractivity contribution in [2.75, 3.05) is 31.5 Å². The van der Waals surface area contributed by atoms with Crippen LogP contribution in [0.4, 0.5) is 17.1 Å². The molecule has 0 atom stereocenters. The summed E-state index contributed by atoms with van der Waals surface area (Å²) in [5.41, 5.74) is 2.46. The zero-order valence-corrected chi connectivity index (χ0v) is 25.9. The Bertz CT molecular complexity index is 1810. The van der Waals surface area contributed by atoms with Gasteiger partial charge in [0.1, 0.15) is 23.6 Å². The van der Waals surface area contributed by atoms with E-state index in [1.165, 1.54) is 32.4 Å². The minimum absolute atomic E-state index is 0.0911. The average Bonchev–Trinajstić information content (AvgIpc) is 3.02. The van der Waals surface area contributed by atoms with Gasteiger partial charge in [-0.2, -0.15) is 0 Å². The van der Waals surface area contributed by atoms with Crippen LogP contribution in [-0.2, 0) is 11.4 Å². The first-order valence-electron chi connectivity index (χ1n) is 13.8. The van der Waals surface area contributed by atoms with Crippen LogP contribution < -0.4 is 29.2 Å². The summed E-state index contributed by atoms with van der Waals surface area (Å²) in [4.78, 5) is 38.6. The minimum Gasteiger partial charge on any atom is -0.496 e. The molecule has 4 aromatic carbocycles. The number of anilines is 2. The highest BCUT2D eigenvalue weighted by atomic mass is 35.5. The van der Waals surface area contributed by atoms with E-state index >= 15 is 0 Å². The second kappa shape index (κ2) is 12.4. The van der Waals surface area contributed by atoms with Crippen molar-refractivity contribution in [1.82, 2.24) is 0 Å². The molecule has 0 saturated carbocycles. The van der Waals surface area contributed by atoms with Crippen LogP contribution >= 0.6 is 11.6 Å². The number of esters is 1. The maximum Gasteiger partial charge on any atom is 0.343 e. The van der Waals surface area contributed by atoms with E-state index in [1.807, 2.05) is 12.1 Å². The molecule has 0 saturated heterocycles. The molecule has 11 nitrogen and oxygen atoms in total. The molecule has 0 aromatic heterocycles. The molecule has 0 spiro atoms. The lowest BCUT2D eigenvalue weighted by molar-refractivity contribution is -0.385. The third-order valence-corrected chi connectivity index (χ3v) is 7.64. The molecular weight excluding hydrogens is 602 g/mol. The molecule has 0 radical (unpaired) electrons. The van der Waals surface area contributed by atoms with E-state index in [9.17, 15) is 19.7 Å². The molecule has 1 heterocycles. The highest BCUT2D eigenvalue weighted by molar-refractivity contribution is 6.30. The molecule has 4 aromatic rings. The van der Waals surface area contributed by atoms with E-state index < -0.39 is 16.4 Å². The summed E-state index contributed by atoms with van der Waals surface area (Å²) >= 11 is 5.94. The van der Waals surface area contributed by atoms with Gasteiger partial charge in [0.15, 0.2) is 11.5 Å². The number of carbonyl (C=O) groups excluding carboxylic acids is 2. The first kappa shape index (κ1) is 31.1. The van der Waals surface area contributed by atoms with Crippen molar-refractivity contribution in [3.63, 3.8) is 0 Å². The summed E-state index contributed by atoms with van der Waals surface area (Å²) in [6.07, 6.45) is 0.